The van der Waals surface area contributed by atoms with Crippen LogP contribution in [0.1, 0.15) is 12.8 Å². The Bertz CT molecular complexity index is 599. The molecule has 1 fully saturated rings. The fourth-order valence-corrected chi connectivity index (χ4v) is 2.99. The van der Waals surface area contributed by atoms with E-state index < -0.39 is 12.6 Å². The van der Waals surface area contributed by atoms with Crippen LogP contribution in [0.5, 0.6) is 0 Å². The molecule has 0 aromatic heterocycles. The standard InChI is InChI=1S/C16H17F3N2O/c17-16(18,19)7-9-21-8-6-12(10-21)20-15(22)14-5-4-11-2-1-3-13(11)14/h1-5,12H,6-10H2,(H,20,22)/t12-/m1/s1. The first-order valence-corrected chi connectivity index (χ1v) is 7.33. The SMILES string of the molecule is O=C(N[C@@H]1CCN(CCC(F)(F)F)C1)C1=C2C=CC=C2C=C1. The number of alkyl halides is 3. The summed E-state index contributed by atoms with van der Waals surface area (Å²) in [5, 5.41) is 2.93. The Balaban J connectivity index is 1.52. The normalized spacial score (nSPS) is 24.1. The number of nitrogens with one attached hydrogen (secondary N) is 1. The zero-order valence-corrected chi connectivity index (χ0v) is 12.0. The Morgan fingerprint density at radius 1 is 1.32 bits per heavy atom. The van der Waals surface area contributed by atoms with Crippen LogP contribution in [0.25, 0.3) is 0 Å². The lowest BCUT2D eigenvalue weighted by molar-refractivity contribution is -0.137. The molecule has 3 aliphatic rings. The Morgan fingerprint density at radius 2 is 2.14 bits per heavy atom. The Labute approximate surface area is 126 Å². The maximum atomic E-state index is 12.3. The van der Waals surface area contributed by atoms with E-state index in [4.69, 9.17) is 0 Å². The van der Waals surface area contributed by atoms with Crippen LogP contribution in [0.3, 0.4) is 0 Å². The second-order valence-electron chi connectivity index (χ2n) is 5.77. The molecule has 0 aromatic carbocycles. The molecule has 0 unspecified atom stereocenters. The highest BCUT2D eigenvalue weighted by Crippen LogP contribution is 2.30. The number of allylic oxidation sites excluding steroid dienone is 6. The van der Waals surface area contributed by atoms with Gasteiger partial charge in [-0.05, 0) is 23.6 Å². The highest BCUT2D eigenvalue weighted by Gasteiger charge is 2.31. The number of likely N-dealkylation sites (tertiary alicyclic amines) is 1. The summed E-state index contributed by atoms with van der Waals surface area (Å²) in [7, 11) is 0. The molecule has 1 amide bonds. The quantitative estimate of drug-likeness (QED) is 0.865. The smallest absolute Gasteiger partial charge is 0.348 e. The molecule has 1 heterocycles. The number of halogens is 3. The van der Waals surface area contributed by atoms with Crippen molar-refractivity contribution in [1.82, 2.24) is 10.2 Å². The van der Waals surface area contributed by atoms with E-state index in [1.807, 2.05) is 24.3 Å². The van der Waals surface area contributed by atoms with Crippen molar-refractivity contribution in [2.24, 2.45) is 0 Å². The summed E-state index contributed by atoms with van der Waals surface area (Å²) in [6.45, 7) is 1.07. The third-order valence-electron chi connectivity index (χ3n) is 4.13. The summed E-state index contributed by atoms with van der Waals surface area (Å²) in [4.78, 5) is 14.0. The lowest BCUT2D eigenvalue weighted by atomic mass is 10.1. The topological polar surface area (TPSA) is 32.3 Å². The van der Waals surface area contributed by atoms with Crippen molar-refractivity contribution >= 4 is 5.91 Å². The van der Waals surface area contributed by atoms with E-state index in [1.54, 1.807) is 11.0 Å². The third-order valence-corrected chi connectivity index (χ3v) is 4.13. The minimum atomic E-state index is -4.12. The van der Waals surface area contributed by atoms with Gasteiger partial charge in [0.2, 0.25) is 0 Å². The molecule has 0 saturated carbocycles. The molecule has 2 aliphatic carbocycles. The lowest BCUT2D eigenvalue weighted by Gasteiger charge is -2.17. The van der Waals surface area contributed by atoms with Crippen LogP contribution < -0.4 is 5.32 Å². The summed E-state index contributed by atoms with van der Waals surface area (Å²) in [5.74, 6) is -0.149. The number of carbonyl (C=O) groups excluding carboxylic acids is 1. The zero-order valence-electron chi connectivity index (χ0n) is 12.0. The van der Waals surface area contributed by atoms with Gasteiger partial charge in [0.25, 0.3) is 5.91 Å². The number of carbonyl (C=O) groups is 1. The highest BCUT2D eigenvalue weighted by molar-refractivity contribution is 6.00. The summed E-state index contributed by atoms with van der Waals surface area (Å²) in [6.07, 6.45) is 5.19. The number of nitrogens with zero attached hydrogens (tertiary/aromatic N) is 1. The maximum Gasteiger partial charge on any atom is 0.390 e. The van der Waals surface area contributed by atoms with Crippen molar-refractivity contribution < 1.29 is 18.0 Å². The molecule has 1 saturated heterocycles. The fourth-order valence-electron chi connectivity index (χ4n) is 2.99. The van der Waals surface area contributed by atoms with E-state index in [9.17, 15) is 18.0 Å². The van der Waals surface area contributed by atoms with Crippen LogP contribution in [0.4, 0.5) is 13.2 Å². The molecule has 1 N–H and O–H groups in total. The van der Waals surface area contributed by atoms with Gasteiger partial charge < -0.3 is 10.2 Å². The zero-order chi connectivity index (χ0) is 15.7. The van der Waals surface area contributed by atoms with Crippen LogP contribution in [-0.2, 0) is 4.79 Å². The van der Waals surface area contributed by atoms with E-state index >= 15 is 0 Å². The Hall–Kier alpha value is -1.82. The van der Waals surface area contributed by atoms with Crippen molar-refractivity contribution in [3.63, 3.8) is 0 Å². The number of hydrogen-bond acceptors (Lipinski definition) is 2. The predicted octanol–water partition coefficient (Wildman–Crippen LogP) is 2.49. The molecule has 6 heteroatoms. The molecule has 22 heavy (non-hydrogen) atoms. The molecule has 0 aromatic rings. The molecule has 0 radical (unpaired) electrons. The molecular weight excluding hydrogens is 293 g/mol. The minimum absolute atomic E-state index is 0.000651. The van der Waals surface area contributed by atoms with Crippen LogP contribution in [-0.4, -0.2) is 42.7 Å². The summed E-state index contributed by atoms with van der Waals surface area (Å²) in [6, 6.07) is -0.0827. The summed E-state index contributed by atoms with van der Waals surface area (Å²) >= 11 is 0. The van der Waals surface area contributed by atoms with Gasteiger partial charge >= 0.3 is 6.18 Å². The second kappa shape index (κ2) is 5.76. The first-order chi connectivity index (χ1) is 10.4. The Kier molecular flexibility index (Phi) is 3.95. The first-order valence-electron chi connectivity index (χ1n) is 7.33. The lowest BCUT2D eigenvalue weighted by Crippen LogP contribution is -2.38. The number of hydrogen-bond donors (Lipinski definition) is 1. The van der Waals surface area contributed by atoms with Crippen LogP contribution in [0.2, 0.25) is 0 Å². The van der Waals surface area contributed by atoms with Gasteiger partial charge in [-0.3, -0.25) is 4.79 Å². The second-order valence-corrected chi connectivity index (χ2v) is 5.77. The van der Waals surface area contributed by atoms with Gasteiger partial charge in [0, 0.05) is 31.2 Å². The summed E-state index contributed by atoms with van der Waals surface area (Å²) in [5.41, 5.74) is 2.58. The van der Waals surface area contributed by atoms with Gasteiger partial charge in [0.05, 0.1) is 6.42 Å². The van der Waals surface area contributed by atoms with Crippen LogP contribution in [0.15, 0.2) is 47.1 Å². The number of fused-ring (bicyclic) bond motifs is 1. The third kappa shape index (κ3) is 3.32. The molecule has 3 rings (SSSR count). The van der Waals surface area contributed by atoms with Gasteiger partial charge in [0.15, 0.2) is 0 Å². The van der Waals surface area contributed by atoms with Crippen molar-refractivity contribution in [2.75, 3.05) is 19.6 Å². The van der Waals surface area contributed by atoms with Gasteiger partial charge in [-0.2, -0.15) is 13.2 Å². The van der Waals surface area contributed by atoms with E-state index in [-0.39, 0.29) is 18.5 Å². The Morgan fingerprint density at radius 3 is 2.91 bits per heavy atom. The van der Waals surface area contributed by atoms with Gasteiger partial charge in [0.1, 0.15) is 0 Å². The van der Waals surface area contributed by atoms with E-state index in [2.05, 4.69) is 5.32 Å². The van der Waals surface area contributed by atoms with Crippen molar-refractivity contribution in [2.45, 2.75) is 25.1 Å². The molecule has 0 spiro atoms. The average Bonchev–Trinajstić information content (AvgIpc) is 3.11. The molecule has 1 atom stereocenters. The van der Waals surface area contributed by atoms with Crippen LogP contribution in [0, 0.1) is 0 Å². The summed E-state index contributed by atoms with van der Waals surface area (Å²) < 4.78 is 36.7. The van der Waals surface area contributed by atoms with Gasteiger partial charge in [-0.25, -0.2) is 0 Å². The van der Waals surface area contributed by atoms with E-state index in [0.717, 1.165) is 11.1 Å². The number of rotatable bonds is 4. The highest BCUT2D eigenvalue weighted by atomic mass is 19.4. The van der Waals surface area contributed by atoms with Crippen molar-refractivity contribution in [3.8, 4) is 0 Å². The van der Waals surface area contributed by atoms with Gasteiger partial charge in [-0.15, -0.1) is 0 Å². The molecule has 1 aliphatic heterocycles. The van der Waals surface area contributed by atoms with Gasteiger partial charge in [-0.1, -0.05) is 24.3 Å². The number of amides is 1. The fraction of sp³-hybridized carbons (Fsp3) is 0.438. The minimum Gasteiger partial charge on any atom is -0.348 e. The monoisotopic (exact) mass is 310 g/mol. The molecule has 118 valence electrons. The van der Waals surface area contributed by atoms with Crippen molar-refractivity contribution in [1.29, 1.82) is 0 Å². The molecule has 0 bridgehead atoms. The maximum absolute atomic E-state index is 12.3. The molecular formula is C16H17F3N2O. The van der Waals surface area contributed by atoms with E-state index in [1.165, 1.54) is 0 Å². The predicted molar refractivity (Wildman–Crippen MR) is 77.0 cm³/mol. The van der Waals surface area contributed by atoms with E-state index in [0.29, 0.717) is 25.1 Å². The molecule has 3 nitrogen and oxygen atoms in total. The average molecular weight is 310 g/mol. The largest absolute Gasteiger partial charge is 0.390 e. The van der Waals surface area contributed by atoms with Crippen LogP contribution >= 0.6 is 0 Å². The van der Waals surface area contributed by atoms with Crippen molar-refractivity contribution in [3.05, 3.63) is 47.1 Å². The first kappa shape index (κ1) is 15.1.